The summed E-state index contributed by atoms with van der Waals surface area (Å²) < 4.78 is 0. The van der Waals surface area contributed by atoms with Crippen LogP contribution in [0.5, 0.6) is 0 Å². The van der Waals surface area contributed by atoms with Gasteiger partial charge in [0.05, 0.1) is 5.41 Å². The highest BCUT2D eigenvalue weighted by Crippen LogP contribution is 2.36. The third-order valence-electron chi connectivity index (χ3n) is 5.93. The molecule has 0 radical (unpaired) electrons. The Hall–Kier alpha value is -2.62. The molecule has 0 bridgehead atoms. The lowest BCUT2D eigenvalue weighted by Gasteiger charge is -2.41. The van der Waals surface area contributed by atoms with Crippen LogP contribution in [0.1, 0.15) is 45.1 Å². The molecule has 2 aromatic carbocycles. The SMILES string of the molecule is CCCC(=O)N1CCC(Cc2cccc(-c3ccccc3)c2)(C(=O)NCC)CC1. The highest BCUT2D eigenvalue weighted by Gasteiger charge is 2.41. The van der Waals surface area contributed by atoms with Gasteiger partial charge in [-0.1, -0.05) is 61.5 Å². The average molecular weight is 393 g/mol. The standard InChI is InChI=1S/C25H32N2O2/c1-3-9-23(28)27-16-14-25(15-17-27,24(29)26-4-2)19-20-10-8-13-22(18-20)21-11-6-5-7-12-21/h5-8,10-13,18H,3-4,9,14-17,19H2,1-2H3,(H,26,29). The van der Waals surface area contributed by atoms with Gasteiger partial charge in [-0.25, -0.2) is 0 Å². The largest absolute Gasteiger partial charge is 0.356 e. The van der Waals surface area contributed by atoms with Crippen LogP contribution in [-0.4, -0.2) is 36.3 Å². The maximum Gasteiger partial charge on any atom is 0.226 e. The number of benzene rings is 2. The first-order valence-electron chi connectivity index (χ1n) is 10.8. The Bertz CT molecular complexity index is 824. The predicted molar refractivity (Wildman–Crippen MR) is 117 cm³/mol. The van der Waals surface area contributed by atoms with Crippen molar-refractivity contribution in [2.24, 2.45) is 5.41 Å². The first-order valence-corrected chi connectivity index (χ1v) is 10.8. The number of carbonyl (C=O) groups excluding carboxylic acids is 2. The maximum atomic E-state index is 13.1. The lowest BCUT2D eigenvalue weighted by Crippen LogP contribution is -2.51. The summed E-state index contributed by atoms with van der Waals surface area (Å²) >= 11 is 0. The summed E-state index contributed by atoms with van der Waals surface area (Å²) in [6, 6.07) is 18.8. The van der Waals surface area contributed by atoms with Gasteiger partial charge in [0.2, 0.25) is 11.8 Å². The Labute approximate surface area is 174 Å². The van der Waals surface area contributed by atoms with Crippen molar-refractivity contribution < 1.29 is 9.59 Å². The molecule has 1 aliphatic heterocycles. The van der Waals surface area contributed by atoms with Gasteiger partial charge in [-0.15, -0.1) is 0 Å². The summed E-state index contributed by atoms with van der Waals surface area (Å²) in [5.41, 5.74) is 3.07. The molecular weight excluding hydrogens is 360 g/mol. The van der Waals surface area contributed by atoms with Crippen molar-refractivity contribution in [3.8, 4) is 11.1 Å². The number of likely N-dealkylation sites (tertiary alicyclic amines) is 1. The van der Waals surface area contributed by atoms with E-state index in [9.17, 15) is 9.59 Å². The van der Waals surface area contributed by atoms with Crippen LogP contribution in [0.15, 0.2) is 54.6 Å². The number of nitrogens with zero attached hydrogens (tertiary/aromatic N) is 1. The van der Waals surface area contributed by atoms with Gasteiger partial charge in [-0.2, -0.15) is 0 Å². The second-order valence-corrected chi connectivity index (χ2v) is 8.01. The lowest BCUT2D eigenvalue weighted by atomic mass is 9.72. The van der Waals surface area contributed by atoms with E-state index in [1.54, 1.807) is 0 Å². The second-order valence-electron chi connectivity index (χ2n) is 8.01. The summed E-state index contributed by atoms with van der Waals surface area (Å²) in [7, 11) is 0. The van der Waals surface area contributed by atoms with Crippen LogP contribution in [0.3, 0.4) is 0 Å². The maximum absolute atomic E-state index is 13.1. The molecule has 1 N–H and O–H groups in total. The number of nitrogens with one attached hydrogen (secondary N) is 1. The Morgan fingerprint density at radius 2 is 1.66 bits per heavy atom. The Morgan fingerprint density at radius 1 is 0.966 bits per heavy atom. The molecule has 29 heavy (non-hydrogen) atoms. The fourth-order valence-electron chi connectivity index (χ4n) is 4.27. The Kier molecular flexibility index (Phi) is 7.08. The monoisotopic (exact) mass is 392 g/mol. The minimum atomic E-state index is -0.450. The minimum Gasteiger partial charge on any atom is -0.356 e. The van der Waals surface area contributed by atoms with E-state index in [0.717, 1.165) is 6.42 Å². The van der Waals surface area contributed by atoms with E-state index in [0.29, 0.717) is 45.3 Å². The molecule has 1 heterocycles. The van der Waals surface area contributed by atoms with Crippen molar-refractivity contribution in [3.05, 3.63) is 60.2 Å². The zero-order valence-electron chi connectivity index (χ0n) is 17.6. The highest BCUT2D eigenvalue weighted by molar-refractivity contribution is 5.84. The van der Waals surface area contributed by atoms with Crippen molar-refractivity contribution >= 4 is 11.8 Å². The van der Waals surface area contributed by atoms with Gasteiger partial charge in [0.25, 0.3) is 0 Å². The molecule has 0 unspecified atom stereocenters. The molecule has 1 aliphatic rings. The first kappa shape index (κ1) is 21.1. The summed E-state index contributed by atoms with van der Waals surface area (Å²) in [5, 5.41) is 3.05. The topological polar surface area (TPSA) is 49.4 Å². The molecule has 0 saturated carbocycles. The quantitative estimate of drug-likeness (QED) is 0.757. The Morgan fingerprint density at radius 3 is 2.31 bits per heavy atom. The smallest absolute Gasteiger partial charge is 0.226 e. The number of rotatable bonds is 7. The van der Waals surface area contributed by atoms with Crippen LogP contribution in [-0.2, 0) is 16.0 Å². The highest BCUT2D eigenvalue weighted by atomic mass is 16.2. The fourth-order valence-corrected chi connectivity index (χ4v) is 4.27. The number of carbonyl (C=O) groups is 2. The van der Waals surface area contributed by atoms with Gasteiger partial charge in [-0.3, -0.25) is 9.59 Å². The van der Waals surface area contributed by atoms with E-state index in [1.807, 2.05) is 36.9 Å². The second kappa shape index (κ2) is 9.73. The number of piperidine rings is 1. The molecule has 0 aromatic heterocycles. The third kappa shape index (κ3) is 5.06. The molecule has 1 fully saturated rings. The average Bonchev–Trinajstić information content (AvgIpc) is 2.75. The lowest BCUT2D eigenvalue weighted by molar-refractivity contribution is -0.140. The van der Waals surface area contributed by atoms with E-state index < -0.39 is 5.41 Å². The summed E-state index contributed by atoms with van der Waals surface area (Å²) in [4.78, 5) is 27.3. The van der Waals surface area contributed by atoms with E-state index in [2.05, 4.69) is 41.7 Å². The molecule has 1 saturated heterocycles. The molecule has 4 heteroatoms. The van der Waals surface area contributed by atoms with Crippen LogP contribution in [0.4, 0.5) is 0 Å². The van der Waals surface area contributed by atoms with Gasteiger partial charge in [0, 0.05) is 26.1 Å². The van der Waals surface area contributed by atoms with E-state index in [4.69, 9.17) is 0 Å². The van der Waals surface area contributed by atoms with E-state index in [1.165, 1.54) is 16.7 Å². The minimum absolute atomic E-state index is 0.118. The molecule has 3 rings (SSSR count). The van der Waals surface area contributed by atoms with Crippen LogP contribution in [0, 0.1) is 5.41 Å². The molecule has 154 valence electrons. The van der Waals surface area contributed by atoms with Gasteiger partial charge >= 0.3 is 0 Å². The third-order valence-corrected chi connectivity index (χ3v) is 5.93. The van der Waals surface area contributed by atoms with E-state index >= 15 is 0 Å². The number of hydrogen-bond donors (Lipinski definition) is 1. The van der Waals surface area contributed by atoms with Gasteiger partial charge in [0.1, 0.15) is 0 Å². The molecular formula is C25H32N2O2. The van der Waals surface area contributed by atoms with Crippen molar-refractivity contribution in [2.75, 3.05) is 19.6 Å². The molecule has 2 aromatic rings. The van der Waals surface area contributed by atoms with E-state index in [-0.39, 0.29) is 11.8 Å². The van der Waals surface area contributed by atoms with Crippen molar-refractivity contribution in [2.45, 2.75) is 46.0 Å². The number of amides is 2. The summed E-state index contributed by atoms with van der Waals surface area (Å²) in [5.74, 6) is 0.329. The summed E-state index contributed by atoms with van der Waals surface area (Å²) in [6.07, 6.45) is 3.58. The Balaban J connectivity index is 1.80. The van der Waals surface area contributed by atoms with Gasteiger partial charge < -0.3 is 10.2 Å². The molecule has 0 spiro atoms. The zero-order valence-corrected chi connectivity index (χ0v) is 17.6. The van der Waals surface area contributed by atoms with Crippen molar-refractivity contribution in [3.63, 3.8) is 0 Å². The van der Waals surface area contributed by atoms with Gasteiger partial charge in [0.15, 0.2) is 0 Å². The molecule has 4 nitrogen and oxygen atoms in total. The normalized spacial score (nSPS) is 15.7. The van der Waals surface area contributed by atoms with Crippen LogP contribution in [0.2, 0.25) is 0 Å². The van der Waals surface area contributed by atoms with Crippen molar-refractivity contribution in [1.82, 2.24) is 10.2 Å². The van der Waals surface area contributed by atoms with Gasteiger partial charge in [-0.05, 0) is 49.3 Å². The fraction of sp³-hybridized carbons (Fsp3) is 0.440. The zero-order chi connectivity index (χ0) is 20.7. The first-order chi connectivity index (χ1) is 14.1. The van der Waals surface area contributed by atoms with Crippen molar-refractivity contribution in [1.29, 1.82) is 0 Å². The van der Waals surface area contributed by atoms with Crippen LogP contribution in [0.25, 0.3) is 11.1 Å². The molecule has 2 amide bonds. The molecule has 0 atom stereocenters. The predicted octanol–water partition coefficient (Wildman–Crippen LogP) is 4.44. The van der Waals surface area contributed by atoms with Crippen LogP contribution >= 0.6 is 0 Å². The molecule has 0 aliphatic carbocycles. The summed E-state index contributed by atoms with van der Waals surface area (Å²) in [6.45, 7) is 5.94. The van der Waals surface area contributed by atoms with Crippen LogP contribution < -0.4 is 5.32 Å². The number of hydrogen-bond acceptors (Lipinski definition) is 2.